The van der Waals surface area contributed by atoms with Gasteiger partial charge in [-0.05, 0) is 34.7 Å². The number of nitrogens with two attached hydrogens (primary N) is 1. The molecule has 0 unspecified atom stereocenters. The van der Waals surface area contributed by atoms with Crippen LogP contribution in [0.4, 0.5) is 0 Å². The minimum Gasteiger partial charge on any atom is -0.326 e. The van der Waals surface area contributed by atoms with Crippen LogP contribution >= 0.6 is 11.8 Å². The fraction of sp³-hybridized carbons (Fsp3) is 0.312. The molecule has 0 fully saturated rings. The lowest BCUT2D eigenvalue weighted by Crippen LogP contribution is -2.10. The average molecular weight is 272 g/mol. The molecular formula is C16H20N2S. The lowest BCUT2D eigenvalue weighted by Gasteiger charge is -2.18. The molecule has 1 aromatic heterocycles. The summed E-state index contributed by atoms with van der Waals surface area (Å²) in [6.07, 6.45) is 1.84. The molecule has 1 aromatic carbocycles. The summed E-state index contributed by atoms with van der Waals surface area (Å²) in [7, 11) is 0. The van der Waals surface area contributed by atoms with Gasteiger partial charge in [-0.15, -0.1) is 0 Å². The van der Waals surface area contributed by atoms with Crippen LogP contribution in [0.5, 0.6) is 0 Å². The Bertz CT molecular complexity index is 524. The van der Waals surface area contributed by atoms with Crippen molar-refractivity contribution in [3.05, 3.63) is 53.7 Å². The fourth-order valence-corrected chi connectivity index (χ4v) is 2.49. The molecule has 2 aromatic rings. The molecule has 19 heavy (non-hydrogen) atoms. The lowest BCUT2D eigenvalue weighted by molar-refractivity contribution is 0.590. The van der Waals surface area contributed by atoms with E-state index in [-0.39, 0.29) is 5.41 Å². The minimum atomic E-state index is 0.199. The van der Waals surface area contributed by atoms with Gasteiger partial charge in [-0.2, -0.15) is 0 Å². The summed E-state index contributed by atoms with van der Waals surface area (Å²) in [5, 5.41) is 1.00. The Kier molecular flexibility index (Phi) is 4.27. The van der Waals surface area contributed by atoms with Crippen molar-refractivity contribution < 1.29 is 0 Å². The molecule has 0 aliphatic rings. The highest BCUT2D eigenvalue weighted by atomic mass is 32.2. The maximum Gasteiger partial charge on any atom is 0.101 e. The Morgan fingerprint density at radius 3 is 2.21 bits per heavy atom. The predicted molar refractivity (Wildman–Crippen MR) is 81.4 cm³/mol. The van der Waals surface area contributed by atoms with Gasteiger partial charge in [0.05, 0.1) is 0 Å². The number of pyridine rings is 1. The smallest absolute Gasteiger partial charge is 0.101 e. The van der Waals surface area contributed by atoms with E-state index in [2.05, 4.69) is 50.0 Å². The van der Waals surface area contributed by atoms with Gasteiger partial charge in [0.25, 0.3) is 0 Å². The van der Waals surface area contributed by atoms with Crippen LogP contribution in [-0.2, 0) is 12.0 Å². The molecule has 100 valence electrons. The average Bonchev–Trinajstić information content (AvgIpc) is 2.39. The van der Waals surface area contributed by atoms with Gasteiger partial charge in [-0.1, -0.05) is 50.7 Å². The molecule has 0 saturated heterocycles. The topological polar surface area (TPSA) is 38.9 Å². The largest absolute Gasteiger partial charge is 0.326 e. The van der Waals surface area contributed by atoms with Crippen LogP contribution in [0.3, 0.4) is 0 Å². The molecule has 1 heterocycles. The molecule has 0 aliphatic carbocycles. The summed E-state index contributed by atoms with van der Waals surface area (Å²) in [4.78, 5) is 5.61. The Hall–Kier alpha value is -1.32. The zero-order chi connectivity index (χ0) is 13.9. The van der Waals surface area contributed by atoms with Crippen molar-refractivity contribution in [2.24, 2.45) is 5.73 Å². The third-order valence-corrected chi connectivity index (χ3v) is 3.93. The molecule has 3 heteroatoms. The summed E-state index contributed by atoms with van der Waals surface area (Å²) in [6, 6.07) is 12.7. The second-order valence-electron chi connectivity index (χ2n) is 5.59. The molecule has 0 radical (unpaired) electrons. The van der Waals surface area contributed by atoms with Gasteiger partial charge in [0, 0.05) is 17.6 Å². The van der Waals surface area contributed by atoms with E-state index in [0.29, 0.717) is 6.54 Å². The highest BCUT2D eigenvalue weighted by molar-refractivity contribution is 7.99. The molecule has 2 nitrogen and oxygen atoms in total. The number of nitrogens with zero attached hydrogens (tertiary/aromatic N) is 1. The molecule has 0 amide bonds. The monoisotopic (exact) mass is 272 g/mol. The number of benzene rings is 1. The highest BCUT2D eigenvalue weighted by Crippen LogP contribution is 2.29. The van der Waals surface area contributed by atoms with E-state index in [1.165, 1.54) is 10.5 Å². The molecule has 0 atom stereocenters. The standard InChI is InChI=1S/C16H20N2S/c1-16(2,3)13-5-7-14(8-6-13)19-15-9-4-12(10-17)11-18-15/h4-9,11H,10,17H2,1-3H3. The second kappa shape index (κ2) is 5.76. The molecule has 0 saturated carbocycles. The van der Waals surface area contributed by atoms with Crippen LogP contribution in [0.1, 0.15) is 31.9 Å². The first-order chi connectivity index (χ1) is 8.99. The van der Waals surface area contributed by atoms with Gasteiger partial charge in [0.1, 0.15) is 5.03 Å². The van der Waals surface area contributed by atoms with Crippen LogP contribution in [0, 0.1) is 0 Å². The predicted octanol–water partition coefficient (Wildman–Crippen LogP) is 3.99. The van der Waals surface area contributed by atoms with E-state index < -0.39 is 0 Å². The fourth-order valence-electron chi connectivity index (χ4n) is 1.74. The number of hydrogen-bond acceptors (Lipinski definition) is 3. The van der Waals surface area contributed by atoms with Gasteiger partial charge in [0.15, 0.2) is 0 Å². The third-order valence-electron chi connectivity index (χ3n) is 2.98. The van der Waals surface area contributed by atoms with Gasteiger partial charge >= 0.3 is 0 Å². The van der Waals surface area contributed by atoms with Crippen LogP contribution in [0.2, 0.25) is 0 Å². The van der Waals surface area contributed by atoms with Crippen molar-refractivity contribution in [1.29, 1.82) is 0 Å². The number of hydrogen-bond donors (Lipinski definition) is 1. The van der Waals surface area contributed by atoms with Gasteiger partial charge in [-0.3, -0.25) is 0 Å². The van der Waals surface area contributed by atoms with Crippen LogP contribution in [0.25, 0.3) is 0 Å². The van der Waals surface area contributed by atoms with Crippen LogP contribution < -0.4 is 5.73 Å². The first-order valence-electron chi connectivity index (χ1n) is 6.42. The Labute approximate surface area is 119 Å². The summed E-state index contributed by atoms with van der Waals surface area (Å²) >= 11 is 1.67. The van der Waals surface area contributed by atoms with Crippen LogP contribution in [0.15, 0.2) is 52.5 Å². The number of rotatable bonds is 3. The molecule has 0 bridgehead atoms. The maximum absolute atomic E-state index is 5.56. The van der Waals surface area contributed by atoms with Crippen molar-refractivity contribution >= 4 is 11.8 Å². The summed E-state index contributed by atoms with van der Waals surface area (Å²) in [6.45, 7) is 7.21. The van der Waals surface area contributed by atoms with Gasteiger partial charge in [0.2, 0.25) is 0 Å². The Morgan fingerprint density at radius 1 is 1.05 bits per heavy atom. The summed E-state index contributed by atoms with van der Waals surface area (Å²) in [5.74, 6) is 0. The van der Waals surface area contributed by atoms with E-state index in [1.807, 2.05) is 18.3 Å². The van der Waals surface area contributed by atoms with Crippen molar-refractivity contribution in [2.45, 2.75) is 42.7 Å². The van der Waals surface area contributed by atoms with Crippen LogP contribution in [-0.4, -0.2) is 4.98 Å². The first kappa shape index (κ1) is 14.1. The Morgan fingerprint density at radius 2 is 1.74 bits per heavy atom. The zero-order valence-electron chi connectivity index (χ0n) is 11.7. The minimum absolute atomic E-state index is 0.199. The van der Waals surface area contributed by atoms with E-state index in [0.717, 1.165) is 10.6 Å². The summed E-state index contributed by atoms with van der Waals surface area (Å²) < 4.78 is 0. The zero-order valence-corrected chi connectivity index (χ0v) is 12.5. The van der Waals surface area contributed by atoms with E-state index >= 15 is 0 Å². The van der Waals surface area contributed by atoms with E-state index in [9.17, 15) is 0 Å². The highest BCUT2D eigenvalue weighted by Gasteiger charge is 2.12. The lowest BCUT2D eigenvalue weighted by atomic mass is 9.87. The molecule has 2 rings (SSSR count). The quantitative estimate of drug-likeness (QED) is 0.918. The van der Waals surface area contributed by atoms with Crippen molar-refractivity contribution in [3.8, 4) is 0 Å². The van der Waals surface area contributed by atoms with Crippen molar-refractivity contribution in [2.75, 3.05) is 0 Å². The SMILES string of the molecule is CC(C)(C)c1ccc(Sc2ccc(CN)cn2)cc1. The van der Waals surface area contributed by atoms with E-state index in [4.69, 9.17) is 5.73 Å². The van der Waals surface area contributed by atoms with Crippen molar-refractivity contribution in [3.63, 3.8) is 0 Å². The first-order valence-corrected chi connectivity index (χ1v) is 7.24. The van der Waals surface area contributed by atoms with Crippen molar-refractivity contribution in [1.82, 2.24) is 4.98 Å². The Balaban J connectivity index is 2.10. The van der Waals surface area contributed by atoms with E-state index in [1.54, 1.807) is 11.8 Å². The number of aromatic nitrogens is 1. The molecule has 0 spiro atoms. The molecule has 0 aliphatic heterocycles. The maximum atomic E-state index is 5.56. The molecule has 2 N–H and O–H groups in total. The van der Waals surface area contributed by atoms with Gasteiger partial charge in [-0.25, -0.2) is 4.98 Å². The van der Waals surface area contributed by atoms with Gasteiger partial charge < -0.3 is 5.73 Å². The second-order valence-corrected chi connectivity index (χ2v) is 6.68. The third kappa shape index (κ3) is 3.82. The molecular weight excluding hydrogens is 252 g/mol. The summed E-state index contributed by atoms with van der Waals surface area (Å²) in [5.41, 5.74) is 8.17. The normalized spacial score (nSPS) is 11.6.